The first-order valence-electron chi connectivity index (χ1n) is 5.45. The molecule has 0 bridgehead atoms. The Morgan fingerprint density at radius 2 is 2.31 bits per heavy atom. The summed E-state index contributed by atoms with van der Waals surface area (Å²) in [7, 11) is 0. The van der Waals surface area contributed by atoms with Gasteiger partial charge in [-0.1, -0.05) is 13.8 Å². The van der Waals surface area contributed by atoms with Crippen molar-refractivity contribution in [2.45, 2.75) is 33.7 Å². The zero-order chi connectivity index (χ0) is 12.1. The number of carbonyl (C=O) groups excluding carboxylic acids is 1. The molecular formula is C11H18IN3O. The average molecular weight is 335 g/mol. The summed E-state index contributed by atoms with van der Waals surface area (Å²) in [5.41, 5.74) is 1.02. The van der Waals surface area contributed by atoms with Gasteiger partial charge in [-0.05, 0) is 35.4 Å². The minimum Gasteiger partial charge on any atom is -0.356 e. The quantitative estimate of drug-likeness (QED) is 0.837. The minimum atomic E-state index is 0.0943. The molecule has 1 heterocycles. The summed E-state index contributed by atoms with van der Waals surface area (Å²) in [5.74, 6) is 0.591. The van der Waals surface area contributed by atoms with Gasteiger partial charge >= 0.3 is 0 Å². The summed E-state index contributed by atoms with van der Waals surface area (Å²) in [6, 6.07) is 0. The second kappa shape index (κ2) is 6.22. The summed E-state index contributed by atoms with van der Waals surface area (Å²) in [6.45, 7) is 7.53. The summed E-state index contributed by atoms with van der Waals surface area (Å²) in [5, 5.41) is 7.20. The van der Waals surface area contributed by atoms with Gasteiger partial charge in [0.2, 0.25) is 5.91 Å². The molecule has 0 unspecified atom stereocenters. The van der Waals surface area contributed by atoms with Crippen molar-refractivity contribution in [3.63, 3.8) is 0 Å². The fraction of sp³-hybridized carbons (Fsp3) is 0.636. The van der Waals surface area contributed by atoms with E-state index in [9.17, 15) is 4.79 Å². The lowest BCUT2D eigenvalue weighted by Gasteiger charge is -2.07. The molecule has 1 N–H and O–H groups in total. The second-order valence-electron chi connectivity index (χ2n) is 4.27. The summed E-state index contributed by atoms with van der Waals surface area (Å²) < 4.78 is 2.96. The van der Waals surface area contributed by atoms with Crippen LogP contribution in [0, 0.1) is 16.4 Å². The van der Waals surface area contributed by atoms with Crippen molar-refractivity contribution in [1.82, 2.24) is 15.1 Å². The van der Waals surface area contributed by atoms with Crippen LogP contribution in [0.2, 0.25) is 0 Å². The highest BCUT2D eigenvalue weighted by atomic mass is 127. The van der Waals surface area contributed by atoms with Crippen LogP contribution in [0.4, 0.5) is 0 Å². The molecule has 1 rings (SSSR count). The number of amides is 1. The standard InChI is InChI=1S/C11H18IN3O/c1-8(2)6-13-11(16)4-5-15-7-10(12)9(3)14-15/h7-8H,4-6H2,1-3H3,(H,13,16). The Morgan fingerprint density at radius 1 is 1.62 bits per heavy atom. The molecule has 4 nitrogen and oxygen atoms in total. The molecule has 0 saturated carbocycles. The summed E-state index contributed by atoms with van der Waals surface area (Å²) in [4.78, 5) is 11.5. The molecule has 0 aliphatic heterocycles. The number of hydrogen-bond acceptors (Lipinski definition) is 2. The van der Waals surface area contributed by atoms with Gasteiger partial charge in [0.05, 0.1) is 9.26 Å². The first kappa shape index (κ1) is 13.5. The van der Waals surface area contributed by atoms with Crippen LogP contribution >= 0.6 is 22.6 Å². The number of nitrogens with zero attached hydrogens (tertiary/aromatic N) is 2. The number of aryl methyl sites for hydroxylation is 2. The number of halogens is 1. The molecule has 0 fully saturated rings. The van der Waals surface area contributed by atoms with Crippen molar-refractivity contribution in [2.75, 3.05) is 6.54 Å². The van der Waals surface area contributed by atoms with Gasteiger partial charge in [-0.25, -0.2) is 0 Å². The van der Waals surface area contributed by atoms with Crippen molar-refractivity contribution in [3.05, 3.63) is 15.5 Å². The highest BCUT2D eigenvalue weighted by Crippen LogP contribution is 2.08. The van der Waals surface area contributed by atoms with E-state index in [2.05, 4.69) is 46.9 Å². The first-order chi connectivity index (χ1) is 7.49. The molecule has 1 aromatic heterocycles. The minimum absolute atomic E-state index is 0.0943. The van der Waals surface area contributed by atoms with E-state index in [-0.39, 0.29) is 5.91 Å². The van der Waals surface area contributed by atoms with Crippen molar-refractivity contribution in [3.8, 4) is 0 Å². The molecule has 0 aromatic carbocycles. The molecule has 0 atom stereocenters. The molecule has 1 aromatic rings. The van der Waals surface area contributed by atoms with Crippen LogP contribution in [-0.4, -0.2) is 22.2 Å². The van der Waals surface area contributed by atoms with Crippen LogP contribution in [-0.2, 0) is 11.3 Å². The van der Waals surface area contributed by atoms with Gasteiger partial charge in [0.25, 0.3) is 0 Å². The van der Waals surface area contributed by atoms with Gasteiger partial charge in [0, 0.05) is 25.7 Å². The number of rotatable bonds is 5. The van der Waals surface area contributed by atoms with E-state index in [0.717, 1.165) is 15.8 Å². The molecule has 5 heteroatoms. The average Bonchev–Trinajstić information content (AvgIpc) is 2.52. The molecule has 0 aliphatic rings. The van der Waals surface area contributed by atoms with Gasteiger partial charge in [-0.15, -0.1) is 0 Å². The third-order valence-corrected chi connectivity index (χ3v) is 3.22. The lowest BCUT2D eigenvalue weighted by atomic mass is 10.2. The van der Waals surface area contributed by atoms with Crippen molar-refractivity contribution < 1.29 is 4.79 Å². The SMILES string of the molecule is Cc1nn(CCC(=O)NCC(C)C)cc1I. The van der Waals surface area contributed by atoms with Crippen LogP contribution in [0.5, 0.6) is 0 Å². The zero-order valence-corrected chi connectivity index (χ0v) is 12.1. The van der Waals surface area contributed by atoms with E-state index in [1.54, 1.807) is 0 Å². The molecule has 16 heavy (non-hydrogen) atoms. The smallest absolute Gasteiger partial charge is 0.221 e. The lowest BCUT2D eigenvalue weighted by Crippen LogP contribution is -2.28. The number of carbonyl (C=O) groups is 1. The Kier molecular flexibility index (Phi) is 5.24. The van der Waals surface area contributed by atoms with E-state index in [1.807, 2.05) is 17.8 Å². The van der Waals surface area contributed by atoms with Gasteiger partial charge in [0.1, 0.15) is 0 Å². The fourth-order valence-corrected chi connectivity index (χ4v) is 1.66. The predicted octanol–water partition coefficient (Wildman–Crippen LogP) is 1.96. The Balaban J connectivity index is 2.31. The van der Waals surface area contributed by atoms with E-state index in [1.165, 1.54) is 0 Å². The summed E-state index contributed by atoms with van der Waals surface area (Å²) in [6.07, 6.45) is 2.45. The van der Waals surface area contributed by atoms with Crippen LogP contribution in [0.15, 0.2) is 6.20 Å². The van der Waals surface area contributed by atoms with E-state index >= 15 is 0 Å². The number of aromatic nitrogens is 2. The van der Waals surface area contributed by atoms with Gasteiger partial charge < -0.3 is 5.32 Å². The topological polar surface area (TPSA) is 46.9 Å². The van der Waals surface area contributed by atoms with Gasteiger partial charge in [-0.2, -0.15) is 5.10 Å². The van der Waals surface area contributed by atoms with E-state index < -0.39 is 0 Å². The monoisotopic (exact) mass is 335 g/mol. The molecule has 0 aliphatic carbocycles. The van der Waals surface area contributed by atoms with Crippen molar-refractivity contribution in [1.29, 1.82) is 0 Å². The second-order valence-corrected chi connectivity index (χ2v) is 5.44. The molecule has 0 spiro atoms. The van der Waals surface area contributed by atoms with Crippen LogP contribution < -0.4 is 5.32 Å². The number of hydrogen-bond donors (Lipinski definition) is 1. The van der Waals surface area contributed by atoms with E-state index in [4.69, 9.17) is 0 Å². The van der Waals surface area contributed by atoms with Crippen molar-refractivity contribution >= 4 is 28.5 Å². The molecule has 0 radical (unpaired) electrons. The summed E-state index contributed by atoms with van der Waals surface area (Å²) >= 11 is 2.24. The van der Waals surface area contributed by atoms with Gasteiger partial charge in [0.15, 0.2) is 0 Å². The zero-order valence-electron chi connectivity index (χ0n) is 9.96. The maximum atomic E-state index is 11.5. The Labute approximate surface area is 110 Å². The Morgan fingerprint density at radius 3 is 2.81 bits per heavy atom. The highest BCUT2D eigenvalue weighted by Gasteiger charge is 2.05. The van der Waals surface area contributed by atoms with Crippen molar-refractivity contribution in [2.24, 2.45) is 5.92 Å². The van der Waals surface area contributed by atoms with E-state index in [0.29, 0.717) is 18.9 Å². The third kappa shape index (κ3) is 4.51. The third-order valence-electron chi connectivity index (χ3n) is 2.16. The Bertz CT molecular complexity index is 341. The Hall–Kier alpha value is -0.590. The number of nitrogens with one attached hydrogen (secondary N) is 1. The maximum Gasteiger partial charge on any atom is 0.221 e. The first-order valence-corrected chi connectivity index (χ1v) is 6.53. The maximum absolute atomic E-state index is 11.5. The largest absolute Gasteiger partial charge is 0.356 e. The predicted molar refractivity (Wildman–Crippen MR) is 72.1 cm³/mol. The molecule has 1 amide bonds. The lowest BCUT2D eigenvalue weighted by molar-refractivity contribution is -0.121. The molecular weight excluding hydrogens is 317 g/mol. The fourth-order valence-electron chi connectivity index (χ4n) is 1.23. The van der Waals surface area contributed by atoms with Crippen LogP contribution in [0.1, 0.15) is 26.0 Å². The van der Waals surface area contributed by atoms with Crippen LogP contribution in [0.25, 0.3) is 0 Å². The highest BCUT2D eigenvalue weighted by molar-refractivity contribution is 14.1. The van der Waals surface area contributed by atoms with Crippen LogP contribution in [0.3, 0.4) is 0 Å². The normalized spacial score (nSPS) is 10.8. The molecule has 0 saturated heterocycles. The molecule has 90 valence electrons. The van der Waals surface area contributed by atoms with Gasteiger partial charge in [-0.3, -0.25) is 9.48 Å².